The monoisotopic (exact) mass is 314 g/mol. The van der Waals surface area contributed by atoms with Crippen LogP contribution < -0.4 is 14.8 Å². The van der Waals surface area contributed by atoms with Gasteiger partial charge in [0.1, 0.15) is 19.2 Å². The molecular formula is C19H24NO3+. The van der Waals surface area contributed by atoms with Gasteiger partial charge < -0.3 is 19.5 Å². The van der Waals surface area contributed by atoms with E-state index in [2.05, 4.69) is 35.6 Å². The number of nitrogens with two attached hydrogens (primary N) is 1. The normalized spacial score (nSPS) is 16.7. The van der Waals surface area contributed by atoms with Crippen LogP contribution in [-0.2, 0) is 17.7 Å². The molecule has 0 aliphatic carbocycles. The van der Waals surface area contributed by atoms with E-state index in [0.717, 1.165) is 37.6 Å². The molecule has 2 aromatic carbocycles. The predicted octanol–water partition coefficient (Wildman–Crippen LogP) is 2.08. The Kier molecular flexibility index (Phi) is 5.16. The van der Waals surface area contributed by atoms with Gasteiger partial charge in [0.15, 0.2) is 11.5 Å². The molecule has 0 aromatic heterocycles. The summed E-state index contributed by atoms with van der Waals surface area (Å²) in [6, 6.07) is 14.7. The van der Waals surface area contributed by atoms with E-state index in [0.29, 0.717) is 0 Å². The second kappa shape index (κ2) is 7.49. The van der Waals surface area contributed by atoms with Crippen LogP contribution in [0.15, 0.2) is 42.5 Å². The zero-order valence-electron chi connectivity index (χ0n) is 13.7. The van der Waals surface area contributed by atoms with Gasteiger partial charge in [0.2, 0.25) is 0 Å². The number of hydrogen-bond acceptors (Lipinski definition) is 3. The van der Waals surface area contributed by atoms with Crippen LogP contribution in [0.5, 0.6) is 11.5 Å². The number of benzene rings is 2. The van der Waals surface area contributed by atoms with E-state index in [1.807, 2.05) is 12.1 Å². The fraction of sp³-hybridized carbons (Fsp3) is 0.368. The van der Waals surface area contributed by atoms with E-state index in [-0.39, 0.29) is 6.10 Å². The highest BCUT2D eigenvalue weighted by Gasteiger charge is 2.21. The second-order valence-electron chi connectivity index (χ2n) is 5.73. The Hall–Kier alpha value is -2.04. The minimum Gasteiger partial charge on any atom is -0.493 e. The lowest BCUT2D eigenvalue weighted by atomic mass is 9.97. The summed E-state index contributed by atoms with van der Waals surface area (Å²) in [4.78, 5) is 0. The zero-order chi connectivity index (χ0) is 16.1. The van der Waals surface area contributed by atoms with Crippen molar-refractivity contribution in [3.63, 3.8) is 0 Å². The first-order chi connectivity index (χ1) is 11.3. The third-order valence-electron chi connectivity index (χ3n) is 4.30. The quantitative estimate of drug-likeness (QED) is 0.888. The smallest absolute Gasteiger partial charge is 0.161 e. The second-order valence-corrected chi connectivity index (χ2v) is 5.73. The van der Waals surface area contributed by atoms with E-state index >= 15 is 0 Å². The van der Waals surface area contributed by atoms with Gasteiger partial charge in [0.25, 0.3) is 0 Å². The maximum absolute atomic E-state index is 5.95. The van der Waals surface area contributed by atoms with E-state index in [9.17, 15) is 0 Å². The molecule has 2 aromatic rings. The summed E-state index contributed by atoms with van der Waals surface area (Å²) in [5.74, 6) is 1.54. The van der Waals surface area contributed by atoms with Crippen molar-refractivity contribution in [3.05, 3.63) is 59.2 Å². The number of rotatable bonds is 6. The molecule has 1 aliphatic rings. The average molecular weight is 314 g/mol. The molecule has 0 saturated carbocycles. The molecular weight excluding hydrogens is 290 g/mol. The Morgan fingerprint density at radius 2 is 1.91 bits per heavy atom. The SMILES string of the molecule is COc1ccc(C[NH2+]CC2OCCc3ccccc32)cc1OC. The highest BCUT2D eigenvalue weighted by atomic mass is 16.5. The molecule has 1 atom stereocenters. The van der Waals surface area contributed by atoms with Crippen molar-refractivity contribution >= 4 is 0 Å². The summed E-state index contributed by atoms with van der Waals surface area (Å²) in [6.45, 7) is 2.62. The number of hydrogen-bond donors (Lipinski definition) is 1. The van der Waals surface area contributed by atoms with Crippen LogP contribution in [0, 0.1) is 0 Å². The molecule has 0 bridgehead atoms. The topological polar surface area (TPSA) is 44.3 Å². The van der Waals surface area contributed by atoms with Crippen LogP contribution in [-0.4, -0.2) is 27.4 Å². The first kappa shape index (κ1) is 15.8. The lowest BCUT2D eigenvalue weighted by Gasteiger charge is -2.24. The van der Waals surface area contributed by atoms with E-state index in [4.69, 9.17) is 14.2 Å². The van der Waals surface area contributed by atoms with E-state index in [1.165, 1.54) is 16.7 Å². The Labute approximate surface area is 137 Å². The largest absolute Gasteiger partial charge is 0.493 e. The summed E-state index contributed by atoms with van der Waals surface area (Å²) < 4.78 is 16.6. The molecule has 2 N–H and O–H groups in total. The average Bonchev–Trinajstić information content (AvgIpc) is 2.61. The van der Waals surface area contributed by atoms with Crippen LogP contribution in [0.4, 0.5) is 0 Å². The Bertz CT molecular complexity index is 657. The highest BCUT2D eigenvalue weighted by molar-refractivity contribution is 5.42. The first-order valence-corrected chi connectivity index (χ1v) is 8.04. The standard InChI is InChI=1S/C19H23NO3/c1-21-17-8-7-14(11-18(17)22-2)12-20-13-19-16-6-4-3-5-15(16)9-10-23-19/h3-8,11,19-20H,9-10,12-13H2,1-2H3/p+1. The van der Waals surface area contributed by atoms with Crippen LogP contribution in [0.25, 0.3) is 0 Å². The van der Waals surface area contributed by atoms with Crippen molar-refractivity contribution in [2.75, 3.05) is 27.4 Å². The van der Waals surface area contributed by atoms with Gasteiger partial charge in [0, 0.05) is 5.56 Å². The van der Waals surface area contributed by atoms with Gasteiger partial charge in [-0.15, -0.1) is 0 Å². The van der Waals surface area contributed by atoms with Crippen molar-refractivity contribution in [1.29, 1.82) is 0 Å². The molecule has 0 saturated heterocycles. The fourth-order valence-corrected chi connectivity index (χ4v) is 3.08. The zero-order valence-corrected chi connectivity index (χ0v) is 13.7. The Morgan fingerprint density at radius 3 is 2.74 bits per heavy atom. The molecule has 0 spiro atoms. The summed E-state index contributed by atoms with van der Waals surface area (Å²) >= 11 is 0. The van der Waals surface area contributed by atoms with E-state index < -0.39 is 0 Å². The molecule has 4 nitrogen and oxygen atoms in total. The van der Waals surface area contributed by atoms with Crippen molar-refractivity contribution in [2.24, 2.45) is 0 Å². The Morgan fingerprint density at radius 1 is 1.09 bits per heavy atom. The van der Waals surface area contributed by atoms with Crippen LogP contribution in [0.2, 0.25) is 0 Å². The molecule has 1 unspecified atom stereocenters. The third-order valence-corrected chi connectivity index (χ3v) is 4.30. The lowest BCUT2D eigenvalue weighted by Crippen LogP contribution is -2.83. The fourth-order valence-electron chi connectivity index (χ4n) is 3.08. The van der Waals surface area contributed by atoms with Gasteiger partial charge in [-0.25, -0.2) is 0 Å². The van der Waals surface area contributed by atoms with Crippen molar-refractivity contribution in [1.82, 2.24) is 0 Å². The predicted molar refractivity (Wildman–Crippen MR) is 88.9 cm³/mol. The van der Waals surface area contributed by atoms with E-state index in [1.54, 1.807) is 14.2 Å². The first-order valence-electron chi connectivity index (χ1n) is 8.04. The van der Waals surface area contributed by atoms with Gasteiger partial charge in [0.05, 0.1) is 20.8 Å². The maximum Gasteiger partial charge on any atom is 0.161 e. The summed E-state index contributed by atoms with van der Waals surface area (Å²) in [7, 11) is 3.32. The molecule has 0 fully saturated rings. The van der Waals surface area contributed by atoms with Crippen LogP contribution in [0.1, 0.15) is 22.8 Å². The lowest BCUT2D eigenvalue weighted by molar-refractivity contribution is -0.678. The molecule has 23 heavy (non-hydrogen) atoms. The molecule has 122 valence electrons. The minimum atomic E-state index is 0.181. The molecule has 3 rings (SSSR count). The van der Waals surface area contributed by atoms with Gasteiger partial charge in [-0.2, -0.15) is 0 Å². The van der Waals surface area contributed by atoms with Crippen LogP contribution in [0.3, 0.4) is 0 Å². The van der Waals surface area contributed by atoms with Crippen molar-refractivity contribution in [3.8, 4) is 11.5 Å². The summed E-state index contributed by atoms with van der Waals surface area (Å²) in [6.07, 6.45) is 1.20. The van der Waals surface area contributed by atoms with Crippen molar-refractivity contribution in [2.45, 2.75) is 19.1 Å². The summed E-state index contributed by atoms with van der Waals surface area (Å²) in [5, 5.41) is 2.29. The molecule has 0 amide bonds. The Balaban J connectivity index is 1.60. The third kappa shape index (κ3) is 3.66. The minimum absolute atomic E-state index is 0.181. The maximum atomic E-state index is 5.95. The summed E-state index contributed by atoms with van der Waals surface area (Å²) in [5.41, 5.74) is 3.97. The number of fused-ring (bicyclic) bond motifs is 1. The van der Waals surface area contributed by atoms with Crippen molar-refractivity contribution < 1.29 is 19.5 Å². The van der Waals surface area contributed by atoms with Gasteiger partial charge in [-0.3, -0.25) is 0 Å². The van der Waals surface area contributed by atoms with Crippen LogP contribution >= 0.6 is 0 Å². The molecule has 1 heterocycles. The number of quaternary nitrogens is 1. The molecule has 4 heteroatoms. The number of methoxy groups -OCH3 is 2. The number of ether oxygens (including phenoxy) is 3. The highest BCUT2D eigenvalue weighted by Crippen LogP contribution is 2.27. The van der Waals surface area contributed by atoms with Gasteiger partial charge >= 0.3 is 0 Å². The molecule has 0 radical (unpaired) electrons. The van der Waals surface area contributed by atoms with Gasteiger partial charge in [-0.1, -0.05) is 24.3 Å². The molecule has 1 aliphatic heterocycles. The van der Waals surface area contributed by atoms with Gasteiger partial charge in [-0.05, 0) is 35.7 Å².